The van der Waals surface area contributed by atoms with Crippen molar-refractivity contribution in [3.8, 4) is 0 Å². The van der Waals surface area contributed by atoms with Crippen molar-refractivity contribution in [1.29, 1.82) is 0 Å². The van der Waals surface area contributed by atoms with Crippen molar-refractivity contribution in [2.75, 3.05) is 11.9 Å². The second-order valence-electron chi connectivity index (χ2n) is 6.57. The molecule has 0 fully saturated rings. The zero-order valence-electron chi connectivity index (χ0n) is 14.9. The van der Waals surface area contributed by atoms with Crippen LogP contribution in [0.1, 0.15) is 47.7 Å². The zero-order chi connectivity index (χ0) is 18.6. The highest BCUT2D eigenvalue weighted by atomic mass is 32.2. The monoisotopic (exact) mass is 372 g/mol. The summed E-state index contributed by atoms with van der Waals surface area (Å²) in [5.74, 6) is -0.312. The number of sulfonamides is 1. The van der Waals surface area contributed by atoms with E-state index in [1.165, 1.54) is 23.3 Å². The molecule has 0 heterocycles. The Morgan fingerprint density at radius 1 is 1.08 bits per heavy atom. The van der Waals surface area contributed by atoms with Crippen LogP contribution in [-0.4, -0.2) is 20.9 Å². The average Bonchev–Trinajstić information content (AvgIpc) is 3.10. The van der Waals surface area contributed by atoms with Gasteiger partial charge in [0.25, 0.3) is 5.91 Å². The minimum absolute atomic E-state index is 0.107. The molecular weight excluding hydrogens is 348 g/mol. The number of nitrogens with one attached hydrogen (secondary N) is 2. The van der Waals surface area contributed by atoms with E-state index in [2.05, 4.69) is 16.1 Å². The fourth-order valence-electron chi connectivity index (χ4n) is 3.12. The second kappa shape index (κ2) is 8.01. The zero-order valence-corrected chi connectivity index (χ0v) is 15.7. The summed E-state index contributed by atoms with van der Waals surface area (Å²) in [7, 11) is -3.60. The number of hydrogen-bond acceptors (Lipinski definition) is 3. The molecule has 26 heavy (non-hydrogen) atoms. The Kier molecular flexibility index (Phi) is 5.74. The molecule has 0 saturated carbocycles. The van der Waals surface area contributed by atoms with Gasteiger partial charge in [-0.1, -0.05) is 25.5 Å². The third-order valence-electron chi connectivity index (χ3n) is 4.59. The van der Waals surface area contributed by atoms with Crippen LogP contribution in [0.25, 0.3) is 0 Å². The van der Waals surface area contributed by atoms with Crippen molar-refractivity contribution >= 4 is 21.6 Å². The third-order valence-corrected chi connectivity index (χ3v) is 6.04. The maximum atomic E-state index is 12.5. The SMILES string of the molecule is CCCCNS(=O)(=O)c1cccc(C(=O)Nc2ccc3c(c2)CCC3)c1. The van der Waals surface area contributed by atoms with Crippen LogP contribution in [0.15, 0.2) is 47.4 Å². The Labute approximate surface area is 154 Å². The quantitative estimate of drug-likeness (QED) is 0.731. The van der Waals surface area contributed by atoms with Gasteiger partial charge in [-0.25, -0.2) is 13.1 Å². The van der Waals surface area contributed by atoms with Gasteiger partial charge in [0, 0.05) is 17.8 Å². The molecule has 1 aliphatic carbocycles. The first kappa shape index (κ1) is 18.6. The standard InChI is InChI=1S/C20H24N2O3S/c1-2-3-12-21-26(24,25)19-9-5-8-17(14-19)20(23)22-18-11-10-15-6-4-7-16(15)13-18/h5,8-11,13-14,21H,2-4,6-7,12H2,1H3,(H,22,23). The Morgan fingerprint density at radius 2 is 1.88 bits per heavy atom. The summed E-state index contributed by atoms with van der Waals surface area (Å²) in [5.41, 5.74) is 3.68. The lowest BCUT2D eigenvalue weighted by atomic mass is 10.1. The van der Waals surface area contributed by atoms with Gasteiger partial charge in [0.05, 0.1) is 4.90 Å². The van der Waals surface area contributed by atoms with Gasteiger partial charge in [-0.05, 0) is 67.1 Å². The first-order valence-corrected chi connectivity index (χ1v) is 10.5. The molecule has 1 amide bonds. The Morgan fingerprint density at radius 3 is 2.69 bits per heavy atom. The smallest absolute Gasteiger partial charge is 0.255 e. The number of aryl methyl sites for hydroxylation is 2. The molecule has 0 unspecified atom stereocenters. The van der Waals surface area contributed by atoms with E-state index in [9.17, 15) is 13.2 Å². The van der Waals surface area contributed by atoms with Gasteiger partial charge in [0.2, 0.25) is 10.0 Å². The normalized spacial score (nSPS) is 13.4. The number of hydrogen-bond donors (Lipinski definition) is 2. The van der Waals surface area contributed by atoms with Crippen LogP contribution in [0, 0.1) is 0 Å². The first-order chi connectivity index (χ1) is 12.5. The number of benzene rings is 2. The highest BCUT2D eigenvalue weighted by molar-refractivity contribution is 7.89. The summed E-state index contributed by atoms with van der Waals surface area (Å²) < 4.78 is 27.2. The second-order valence-corrected chi connectivity index (χ2v) is 8.34. The number of carbonyl (C=O) groups excluding carboxylic acids is 1. The van der Waals surface area contributed by atoms with E-state index in [0.29, 0.717) is 12.1 Å². The largest absolute Gasteiger partial charge is 0.322 e. The van der Waals surface area contributed by atoms with Crippen LogP contribution in [0.2, 0.25) is 0 Å². The molecule has 0 radical (unpaired) electrons. The summed E-state index contributed by atoms with van der Waals surface area (Å²) in [6.45, 7) is 2.39. The molecule has 1 aliphatic rings. The summed E-state index contributed by atoms with van der Waals surface area (Å²) in [6.07, 6.45) is 4.96. The van der Waals surface area contributed by atoms with Crippen LogP contribution >= 0.6 is 0 Å². The topological polar surface area (TPSA) is 75.3 Å². The number of anilines is 1. The van der Waals surface area contributed by atoms with Crippen LogP contribution in [0.5, 0.6) is 0 Å². The Hall–Kier alpha value is -2.18. The summed E-state index contributed by atoms with van der Waals surface area (Å²) in [4.78, 5) is 12.6. The van der Waals surface area contributed by atoms with Gasteiger partial charge < -0.3 is 5.32 Å². The van der Waals surface area contributed by atoms with Gasteiger partial charge in [0.15, 0.2) is 0 Å². The molecule has 0 spiro atoms. The summed E-state index contributed by atoms with van der Waals surface area (Å²) in [5, 5.41) is 2.86. The molecule has 0 saturated heterocycles. The Bertz CT molecular complexity index is 907. The van der Waals surface area contributed by atoms with E-state index in [0.717, 1.165) is 37.8 Å². The van der Waals surface area contributed by atoms with Crippen molar-refractivity contribution in [1.82, 2.24) is 4.72 Å². The fourth-order valence-corrected chi connectivity index (χ4v) is 4.24. The number of carbonyl (C=O) groups is 1. The number of rotatable bonds is 7. The van der Waals surface area contributed by atoms with Crippen molar-refractivity contribution in [3.63, 3.8) is 0 Å². The van der Waals surface area contributed by atoms with Crippen molar-refractivity contribution in [3.05, 3.63) is 59.2 Å². The minimum Gasteiger partial charge on any atom is -0.322 e. The number of unbranched alkanes of at least 4 members (excludes halogenated alkanes) is 1. The maximum Gasteiger partial charge on any atom is 0.255 e. The summed E-state index contributed by atoms with van der Waals surface area (Å²) in [6, 6.07) is 12.1. The van der Waals surface area contributed by atoms with E-state index in [1.807, 2.05) is 19.1 Å². The lowest BCUT2D eigenvalue weighted by Crippen LogP contribution is -2.25. The van der Waals surface area contributed by atoms with Gasteiger partial charge in [-0.15, -0.1) is 0 Å². The van der Waals surface area contributed by atoms with Gasteiger partial charge in [-0.3, -0.25) is 4.79 Å². The highest BCUT2D eigenvalue weighted by Crippen LogP contribution is 2.25. The number of fused-ring (bicyclic) bond motifs is 1. The molecule has 138 valence electrons. The maximum absolute atomic E-state index is 12.5. The fraction of sp³-hybridized carbons (Fsp3) is 0.350. The van der Waals surface area contributed by atoms with Gasteiger partial charge in [-0.2, -0.15) is 0 Å². The molecule has 2 aromatic carbocycles. The molecule has 2 N–H and O–H groups in total. The molecule has 0 aromatic heterocycles. The third kappa shape index (κ3) is 4.31. The molecular formula is C20H24N2O3S. The predicted octanol–water partition coefficient (Wildman–Crippen LogP) is 3.51. The van der Waals surface area contributed by atoms with Crippen molar-refractivity contribution in [2.45, 2.75) is 43.9 Å². The summed E-state index contributed by atoms with van der Waals surface area (Å²) >= 11 is 0. The molecule has 0 aliphatic heterocycles. The Balaban J connectivity index is 1.74. The molecule has 2 aromatic rings. The van der Waals surface area contributed by atoms with Crippen molar-refractivity contribution in [2.24, 2.45) is 0 Å². The molecule has 0 bridgehead atoms. The lowest BCUT2D eigenvalue weighted by molar-refractivity contribution is 0.102. The molecule has 0 atom stereocenters. The average molecular weight is 372 g/mol. The van der Waals surface area contributed by atoms with Crippen LogP contribution in [0.3, 0.4) is 0 Å². The van der Waals surface area contributed by atoms with E-state index < -0.39 is 10.0 Å². The molecule has 6 heteroatoms. The molecule has 5 nitrogen and oxygen atoms in total. The molecule has 3 rings (SSSR count). The van der Waals surface area contributed by atoms with Crippen LogP contribution in [0.4, 0.5) is 5.69 Å². The minimum atomic E-state index is -3.60. The van der Waals surface area contributed by atoms with E-state index in [4.69, 9.17) is 0 Å². The van der Waals surface area contributed by atoms with Gasteiger partial charge in [0.1, 0.15) is 0 Å². The van der Waals surface area contributed by atoms with Gasteiger partial charge >= 0.3 is 0 Å². The van der Waals surface area contributed by atoms with E-state index in [1.54, 1.807) is 12.1 Å². The lowest BCUT2D eigenvalue weighted by Gasteiger charge is -2.10. The van der Waals surface area contributed by atoms with E-state index in [-0.39, 0.29) is 10.8 Å². The first-order valence-electron chi connectivity index (χ1n) is 9.02. The highest BCUT2D eigenvalue weighted by Gasteiger charge is 2.16. The van der Waals surface area contributed by atoms with Crippen molar-refractivity contribution < 1.29 is 13.2 Å². The van der Waals surface area contributed by atoms with Crippen LogP contribution in [-0.2, 0) is 22.9 Å². The van der Waals surface area contributed by atoms with E-state index >= 15 is 0 Å². The van der Waals surface area contributed by atoms with Crippen LogP contribution < -0.4 is 10.0 Å². The number of amides is 1. The predicted molar refractivity (Wildman–Crippen MR) is 103 cm³/mol.